The smallest absolute Gasteiger partial charge is 0.375 e. The van der Waals surface area contributed by atoms with E-state index >= 15 is 0 Å². The lowest BCUT2D eigenvalue weighted by atomic mass is 10.5. The van der Waals surface area contributed by atoms with Gasteiger partial charge in [-0.3, -0.25) is 0 Å². The third kappa shape index (κ3) is 1.63. The van der Waals surface area contributed by atoms with Gasteiger partial charge in [-0.15, -0.1) is 10.2 Å². The van der Waals surface area contributed by atoms with Crippen LogP contribution in [0.25, 0.3) is 0 Å². The van der Waals surface area contributed by atoms with Crippen molar-refractivity contribution in [2.75, 3.05) is 14.1 Å². The fourth-order valence-corrected chi connectivity index (χ4v) is 0.871. The van der Waals surface area contributed by atoms with Crippen molar-refractivity contribution in [2.24, 2.45) is 10.2 Å². The Labute approximate surface area is 78.7 Å². The molecule has 14 heavy (non-hydrogen) atoms. The van der Waals surface area contributed by atoms with Gasteiger partial charge in [-0.25, -0.2) is 19.6 Å². The molecule has 8 nitrogen and oxygen atoms in total. The monoisotopic (exact) mass is 200 g/mol. The zero-order valence-corrected chi connectivity index (χ0v) is 7.50. The van der Waals surface area contributed by atoms with Gasteiger partial charge in [0.15, 0.2) is 0 Å². The number of hydrogen-bond donors (Lipinski definition) is 2. The molecule has 1 heterocycles. The second kappa shape index (κ2) is 3.32. The minimum Gasteiger partial charge on any atom is -0.475 e. The lowest BCUT2D eigenvalue weighted by Gasteiger charge is -2.23. The van der Waals surface area contributed by atoms with Crippen LogP contribution in [0.2, 0.25) is 0 Å². The molecule has 0 saturated heterocycles. The third-order valence-electron chi connectivity index (χ3n) is 1.49. The lowest BCUT2D eigenvalue weighted by Crippen LogP contribution is -2.42. The first kappa shape index (κ1) is 9.96. The quantitative estimate of drug-likeness (QED) is 0.571. The molecule has 0 unspecified atom stereocenters. The van der Waals surface area contributed by atoms with Crippen LogP contribution >= 0.6 is 0 Å². The highest BCUT2D eigenvalue weighted by atomic mass is 16.4. The summed E-state index contributed by atoms with van der Waals surface area (Å²) in [4.78, 5) is 21.1. The van der Waals surface area contributed by atoms with Crippen molar-refractivity contribution >= 4 is 23.6 Å². The molecule has 76 valence electrons. The highest BCUT2D eigenvalue weighted by Gasteiger charge is 2.26. The van der Waals surface area contributed by atoms with E-state index in [1.165, 1.54) is 14.1 Å². The zero-order valence-electron chi connectivity index (χ0n) is 7.50. The van der Waals surface area contributed by atoms with E-state index in [0.717, 1.165) is 10.0 Å². The number of carboxylic acids is 2. The van der Waals surface area contributed by atoms with E-state index < -0.39 is 11.9 Å². The number of amidine groups is 2. The summed E-state index contributed by atoms with van der Waals surface area (Å²) in [6, 6.07) is 0. The summed E-state index contributed by atoms with van der Waals surface area (Å²) in [7, 11) is 2.62. The Balaban J connectivity index is 3.01. The minimum atomic E-state index is -1.27. The predicted molar refractivity (Wildman–Crippen MR) is 45.7 cm³/mol. The largest absolute Gasteiger partial charge is 0.475 e. The van der Waals surface area contributed by atoms with Gasteiger partial charge in [0.1, 0.15) is 0 Å². The normalized spacial score (nSPS) is 16.1. The summed E-state index contributed by atoms with van der Waals surface area (Å²) in [5, 5.41) is 26.1. The summed E-state index contributed by atoms with van der Waals surface area (Å²) in [5.41, 5.74) is 0. The van der Waals surface area contributed by atoms with Gasteiger partial charge in [-0.1, -0.05) is 0 Å². The number of hydrazone groups is 2. The molecule has 0 amide bonds. The Morgan fingerprint density at radius 1 is 1.00 bits per heavy atom. The van der Waals surface area contributed by atoms with E-state index in [1.54, 1.807) is 0 Å². The fourth-order valence-electron chi connectivity index (χ4n) is 0.871. The first-order valence-electron chi connectivity index (χ1n) is 3.54. The highest BCUT2D eigenvalue weighted by Crippen LogP contribution is 2.03. The van der Waals surface area contributed by atoms with Crippen molar-refractivity contribution in [1.82, 2.24) is 10.0 Å². The Kier molecular flexibility index (Phi) is 2.36. The van der Waals surface area contributed by atoms with Crippen LogP contribution in [0.3, 0.4) is 0 Å². The molecule has 0 aromatic rings. The molecule has 1 aliphatic rings. The minimum absolute atomic E-state index is 0.336. The van der Waals surface area contributed by atoms with Crippen molar-refractivity contribution in [3.63, 3.8) is 0 Å². The molecule has 0 aromatic heterocycles. The van der Waals surface area contributed by atoms with Gasteiger partial charge in [-0.2, -0.15) is 0 Å². The molecular weight excluding hydrogens is 192 g/mol. The maximum Gasteiger partial charge on any atom is 0.375 e. The van der Waals surface area contributed by atoms with Gasteiger partial charge >= 0.3 is 11.9 Å². The van der Waals surface area contributed by atoms with E-state index in [1.807, 2.05) is 0 Å². The van der Waals surface area contributed by atoms with Gasteiger partial charge in [0.2, 0.25) is 0 Å². The third-order valence-corrected chi connectivity index (χ3v) is 1.49. The Hall–Kier alpha value is -2.12. The number of carboxylic acid groups (broad SMARTS) is 2. The average Bonchev–Trinajstić information content (AvgIpc) is 2.07. The molecule has 0 saturated carbocycles. The van der Waals surface area contributed by atoms with Crippen LogP contribution in [0, 0.1) is 0 Å². The number of likely N-dealkylation sites (N-methyl/N-ethyl adjacent to an activating group) is 2. The van der Waals surface area contributed by atoms with Crippen LogP contribution in [-0.2, 0) is 9.59 Å². The Bertz CT molecular complexity index is 314. The summed E-state index contributed by atoms with van der Waals surface area (Å²) >= 11 is 0. The summed E-state index contributed by atoms with van der Waals surface area (Å²) in [6.45, 7) is 0. The predicted octanol–water partition coefficient (Wildman–Crippen LogP) is -1.34. The zero-order chi connectivity index (χ0) is 10.9. The van der Waals surface area contributed by atoms with Crippen molar-refractivity contribution in [3.8, 4) is 0 Å². The van der Waals surface area contributed by atoms with E-state index in [9.17, 15) is 9.59 Å². The molecule has 2 N–H and O–H groups in total. The number of hydrogen-bond acceptors (Lipinski definition) is 6. The van der Waals surface area contributed by atoms with Crippen LogP contribution in [0.5, 0.6) is 0 Å². The molecular formula is C6H8N4O4. The Morgan fingerprint density at radius 2 is 1.29 bits per heavy atom. The lowest BCUT2D eigenvalue weighted by molar-refractivity contribution is -0.132. The maximum atomic E-state index is 10.6. The molecule has 0 radical (unpaired) electrons. The second-order valence-electron chi connectivity index (χ2n) is 2.50. The van der Waals surface area contributed by atoms with E-state index in [4.69, 9.17) is 10.2 Å². The fraction of sp³-hybridized carbons (Fsp3) is 0.333. The van der Waals surface area contributed by atoms with E-state index in [0.29, 0.717) is 0 Å². The van der Waals surface area contributed by atoms with Crippen molar-refractivity contribution in [2.45, 2.75) is 0 Å². The van der Waals surface area contributed by atoms with Crippen LogP contribution in [0.1, 0.15) is 0 Å². The molecule has 1 aliphatic heterocycles. The number of rotatable bonds is 2. The second-order valence-corrected chi connectivity index (χ2v) is 2.50. The van der Waals surface area contributed by atoms with E-state index in [2.05, 4.69) is 10.2 Å². The maximum absolute atomic E-state index is 10.6. The highest BCUT2D eigenvalue weighted by molar-refractivity contribution is 6.38. The first-order valence-corrected chi connectivity index (χ1v) is 3.54. The summed E-state index contributed by atoms with van der Waals surface area (Å²) < 4.78 is 0. The molecule has 0 atom stereocenters. The van der Waals surface area contributed by atoms with Gasteiger partial charge in [0.05, 0.1) is 0 Å². The molecule has 0 spiro atoms. The van der Waals surface area contributed by atoms with Gasteiger partial charge in [0, 0.05) is 14.1 Å². The van der Waals surface area contributed by atoms with Crippen LogP contribution in [0.4, 0.5) is 0 Å². The summed E-state index contributed by atoms with van der Waals surface area (Å²) in [6.07, 6.45) is 0. The summed E-state index contributed by atoms with van der Waals surface area (Å²) in [5.74, 6) is -3.21. The van der Waals surface area contributed by atoms with Crippen molar-refractivity contribution in [1.29, 1.82) is 0 Å². The SMILES string of the molecule is CN1N=C(C(=O)O)N(C)N=C1C(=O)O. The molecule has 0 fully saturated rings. The number of nitrogens with zero attached hydrogens (tertiary/aromatic N) is 4. The van der Waals surface area contributed by atoms with Crippen molar-refractivity contribution < 1.29 is 19.8 Å². The van der Waals surface area contributed by atoms with Crippen LogP contribution in [-0.4, -0.2) is 57.9 Å². The molecule has 8 heteroatoms. The molecule has 0 aliphatic carbocycles. The molecule has 0 bridgehead atoms. The number of carbonyl (C=O) groups is 2. The van der Waals surface area contributed by atoms with Gasteiger partial charge < -0.3 is 10.2 Å². The van der Waals surface area contributed by atoms with Crippen molar-refractivity contribution in [3.05, 3.63) is 0 Å². The number of aliphatic carboxylic acids is 2. The first-order chi connectivity index (χ1) is 6.43. The van der Waals surface area contributed by atoms with Crippen LogP contribution in [0.15, 0.2) is 10.2 Å². The standard InChI is InChI=1S/C6H8N4O4/c1-9-3(5(11)12)8-10(2)4(7-9)6(13)14/h1-2H3,(H,11,12)(H,13,14). The molecule has 0 aromatic carbocycles. The van der Waals surface area contributed by atoms with E-state index in [-0.39, 0.29) is 11.7 Å². The van der Waals surface area contributed by atoms with Crippen LogP contribution < -0.4 is 0 Å². The van der Waals surface area contributed by atoms with Gasteiger partial charge in [0.25, 0.3) is 11.7 Å². The topological polar surface area (TPSA) is 106 Å². The van der Waals surface area contributed by atoms with Gasteiger partial charge in [-0.05, 0) is 0 Å². The molecule has 1 rings (SSSR count). The average molecular weight is 200 g/mol. The Morgan fingerprint density at radius 3 is 1.50 bits per heavy atom.